The molecule has 0 saturated heterocycles. The van der Waals surface area contributed by atoms with Crippen LogP contribution in [-0.4, -0.2) is 5.11 Å². The molecular weight excluding hydrogens is 316 g/mol. The van der Waals surface area contributed by atoms with Gasteiger partial charge in [0.1, 0.15) is 0 Å². The summed E-state index contributed by atoms with van der Waals surface area (Å²) < 4.78 is 0. The summed E-state index contributed by atoms with van der Waals surface area (Å²) >= 11 is 0. The van der Waals surface area contributed by atoms with E-state index in [1.165, 1.54) is 44.2 Å². The van der Waals surface area contributed by atoms with Gasteiger partial charge >= 0.3 is 0 Å². The lowest BCUT2D eigenvalue weighted by atomic mass is 9.92. The monoisotopic (exact) mass is 334 g/mol. The van der Waals surface area contributed by atoms with Gasteiger partial charge in [-0.15, -0.1) is 0 Å². The van der Waals surface area contributed by atoms with E-state index < -0.39 is 0 Å². The van der Waals surface area contributed by atoms with Gasteiger partial charge in [0.2, 0.25) is 0 Å². The predicted molar refractivity (Wildman–Crippen MR) is 108 cm³/mol. The third kappa shape index (κ3) is 2.22. The quantitative estimate of drug-likeness (QED) is 0.452. The van der Waals surface area contributed by atoms with Crippen LogP contribution in [0, 0.1) is 0 Å². The summed E-state index contributed by atoms with van der Waals surface area (Å²) in [5.41, 5.74) is 8.39. The molecule has 0 spiro atoms. The molecule has 1 N–H and O–H groups in total. The third-order valence-electron chi connectivity index (χ3n) is 5.13. The van der Waals surface area contributed by atoms with Crippen LogP contribution in [0.3, 0.4) is 0 Å². The predicted octanol–water partition coefficient (Wildman–Crippen LogP) is 5.65. The van der Waals surface area contributed by atoms with Crippen molar-refractivity contribution in [1.82, 2.24) is 0 Å². The summed E-state index contributed by atoms with van der Waals surface area (Å²) in [6, 6.07) is 31.8. The lowest BCUT2D eigenvalue weighted by Gasteiger charge is -2.11. The number of hydrogen-bond donors (Lipinski definition) is 1. The second kappa shape index (κ2) is 5.98. The van der Waals surface area contributed by atoms with E-state index in [4.69, 9.17) is 0 Å². The van der Waals surface area contributed by atoms with E-state index in [9.17, 15) is 5.11 Å². The Kier molecular flexibility index (Phi) is 3.48. The summed E-state index contributed by atoms with van der Waals surface area (Å²) in [5, 5.41) is 12.2. The Morgan fingerprint density at radius 3 is 1.81 bits per heavy atom. The lowest BCUT2D eigenvalue weighted by molar-refractivity contribution is 0.282. The molecule has 0 heterocycles. The van der Waals surface area contributed by atoms with Crippen LogP contribution in [0.15, 0.2) is 91.0 Å². The van der Waals surface area contributed by atoms with E-state index in [1.807, 2.05) is 6.07 Å². The normalized spacial score (nSPS) is 12.8. The van der Waals surface area contributed by atoms with Crippen LogP contribution in [0.2, 0.25) is 0 Å². The van der Waals surface area contributed by atoms with Crippen molar-refractivity contribution in [3.05, 3.63) is 119 Å². The molecular formula is C25H18O. The fourth-order valence-corrected chi connectivity index (χ4v) is 4.07. The molecule has 0 aromatic heterocycles. The molecule has 0 bridgehead atoms. The molecule has 1 nitrogen and oxygen atoms in total. The number of benzene rings is 4. The van der Waals surface area contributed by atoms with Gasteiger partial charge in [-0.2, -0.15) is 0 Å². The SMILES string of the molecule is OCc1cc2c3c(cccc3c1)C(c1ccccc1)=C2c1ccccc1. The van der Waals surface area contributed by atoms with Crippen LogP contribution < -0.4 is 0 Å². The summed E-state index contributed by atoms with van der Waals surface area (Å²) in [6.45, 7) is 0.0515. The largest absolute Gasteiger partial charge is 0.392 e. The van der Waals surface area contributed by atoms with Gasteiger partial charge in [0.05, 0.1) is 6.61 Å². The molecule has 5 rings (SSSR count). The van der Waals surface area contributed by atoms with Crippen molar-refractivity contribution in [2.24, 2.45) is 0 Å². The van der Waals surface area contributed by atoms with E-state index in [1.54, 1.807) is 0 Å². The second-order valence-corrected chi connectivity index (χ2v) is 6.69. The maximum Gasteiger partial charge on any atom is 0.0682 e. The third-order valence-corrected chi connectivity index (χ3v) is 5.13. The van der Waals surface area contributed by atoms with Crippen molar-refractivity contribution >= 4 is 21.9 Å². The zero-order valence-electron chi connectivity index (χ0n) is 14.3. The van der Waals surface area contributed by atoms with Crippen LogP contribution in [-0.2, 0) is 6.61 Å². The molecule has 0 aliphatic heterocycles. The Bertz CT molecular complexity index is 1140. The Balaban J connectivity index is 1.93. The zero-order chi connectivity index (χ0) is 17.5. The average molecular weight is 334 g/mol. The fourth-order valence-electron chi connectivity index (χ4n) is 4.07. The minimum atomic E-state index is 0.0515. The average Bonchev–Trinajstić information content (AvgIpc) is 3.05. The zero-order valence-corrected chi connectivity index (χ0v) is 14.3. The van der Waals surface area contributed by atoms with Crippen LogP contribution in [0.4, 0.5) is 0 Å². The van der Waals surface area contributed by atoms with E-state index in [2.05, 4.69) is 84.9 Å². The highest BCUT2D eigenvalue weighted by atomic mass is 16.3. The Morgan fingerprint density at radius 1 is 0.577 bits per heavy atom. The van der Waals surface area contributed by atoms with Crippen molar-refractivity contribution < 1.29 is 5.11 Å². The lowest BCUT2D eigenvalue weighted by Crippen LogP contribution is -1.91. The Labute approximate surface area is 152 Å². The van der Waals surface area contributed by atoms with Gasteiger partial charge in [-0.1, -0.05) is 78.9 Å². The Hall–Kier alpha value is -3.16. The van der Waals surface area contributed by atoms with Crippen LogP contribution >= 0.6 is 0 Å². The number of hydrogen-bond acceptors (Lipinski definition) is 1. The van der Waals surface area contributed by atoms with Crippen molar-refractivity contribution in [3.63, 3.8) is 0 Å². The molecule has 26 heavy (non-hydrogen) atoms. The van der Waals surface area contributed by atoms with E-state index in [0.717, 1.165) is 5.56 Å². The molecule has 0 unspecified atom stereocenters. The van der Waals surface area contributed by atoms with Gasteiger partial charge in [0.15, 0.2) is 0 Å². The van der Waals surface area contributed by atoms with Gasteiger partial charge in [0, 0.05) is 0 Å². The van der Waals surface area contributed by atoms with E-state index in [-0.39, 0.29) is 6.61 Å². The highest BCUT2D eigenvalue weighted by Crippen LogP contribution is 2.48. The van der Waals surface area contributed by atoms with Gasteiger partial charge in [-0.3, -0.25) is 0 Å². The first-order valence-electron chi connectivity index (χ1n) is 8.89. The van der Waals surface area contributed by atoms with Gasteiger partial charge in [-0.25, -0.2) is 0 Å². The van der Waals surface area contributed by atoms with Crippen LogP contribution in [0.5, 0.6) is 0 Å². The maximum atomic E-state index is 9.76. The molecule has 4 aromatic rings. The highest BCUT2D eigenvalue weighted by Gasteiger charge is 2.26. The summed E-state index contributed by atoms with van der Waals surface area (Å²) in [7, 11) is 0. The summed E-state index contributed by atoms with van der Waals surface area (Å²) in [6.07, 6.45) is 0. The Morgan fingerprint density at radius 2 is 1.19 bits per heavy atom. The highest BCUT2D eigenvalue weighted by molar-refractivity contribution is 6.20. The molecule has 1 aliphatic carbocycles. The molecule has 0 atom stereocenters. The second-order valence-electron chi connectivity index (χ2n) is 6.69. The number of rotatable bonds is 3. The molecule has 0 radical (unpaired) electrons. The fraction of sp³-hybridized carbons (Fsp3) is 0.0400. The number of aliphatic hydroxyl groups excluding tert-OH is 1. The van der Waals surface area contributed by atoms with E-state index in [0.29, 0.717) is 0 Å². The molecule has 0 fully saturated rings. The van der Waals surface area contributed by atoms with Crippen molar-refractivity contribution in [2.45, 2.75) is 6.61 Å². The molecule has 0 amide bonds. The first kappa shape index (κ1) is 15.1. The summed E-state index contributed by atoms with van der Waals surface area (Å²) in [5.74, 6) is 0. The summed E-state index contributed by atoms with van der Waals surface area (Å²) in [4.78, 5) is 0. The maximum absolute atomic E-state index is 9.76. The van der Waals surface area contributed by atoms with Gasteiger partial charge in [0.25, 0.3) is 0 Å². The van der Waals surface area contributed by atoms with Crippen molar-refractivity contribution in [3.8, 4) is 0 Å². The van der Waals surface area contributed by atoms with Crippen molar-refractivity contribution in [2.75, 3.05) is 0 Å². The minimum absolute atomic E-state index is 0.0515. The van der Waals surface area contributed by atoms with Gasteiger partial charge < -0.3 is 5.11 Å². The number of aliphatic hydroxyl groups is 1. The first-order valence-corrected chi connectivity index (χ1v) is 8.89. The van der Waals surface area contributed by atoms with E-state index >= 15 is 0 Å². The molecule has 124 valence electrons. The van der Waals surface area contributed by atoms with Crippen LogP contribution in [0.1, 0.15) is 27.8 Å². The standard InChI is InChI=1S/C25H18O/c26-16-17-14-20-12-7-13-21-23(20)22(15-17)25(19-10-5-2-6-11-19)24(21)18-8-3-1-4-9-18/h1-15,26H,16H2. The molecule has 4 aromatic carbocycles. The molecule has 1 aliphatic rings. The molecule has 1 heteroatoms. The smallest absolute Gasteiger partial charge is 0.0682 e. The topological polar surface area (TPSA) is 20.2 Å². The van der Waals surface area contributed by atoms with Crippen LogP contribution in [0.25, 0.3) is 21.9 Å². The molecule has 0 saturated carbocycles. The van der Waals surface area contributed by atoms with Crippen molar-refractivity contribution in [1.29, 1.82) is 0 Å². The van der Waals surface area contributed by atoms with Gasteiger partial charge in [-0.05, 0) is 61.9 Å². The first-order chi connectivity index (χ1) is 12.9. The minimum Gasteiger partial charge on any atom is -0.392 e.